The molecule has 55 heavy (non-hydrogen) atoms. The van der Waals surface area contributed by atoms with Gasteiger partial charge in [-0.25, -0.2) is 0 Å². The number of anilines is 3. The number of nitrogens with zero attached hydrogens (tertiary/aromatic N) is 2. The van der Waals surface area contributed by atoms with Crippen LogP contribution in [0.1, 0.15) is 22.3 Å². The molecule has 1 aliphatic carbocycles. The molecule has 258 valence electrons. The van der Waals surface area contributed by atoms with Crippen LogP contribution in [0.5, 0.6) is 0 Å². The zero-order valence-electron chi connectivity index (χ0n) is 30.2. The lowest BCUT2D eigenvalue weighted by Crippen LogP contribution is -2.28. The molecular formula is C53H36N2. The number of hydrogen-bond donors (Lipinski definition) is 0. The van der Waals surface area contributed by atoms with Gasteiger partial charge in [0, 0.05) is 33.5 Å². The summed E-state index contributed by atoms with van der Waals surface area (Å²) in [4.78, 5) is 2.36. The number of para-hydroxylation sites is 3. The lowest BCUT2D eigenvalue weighted by Gasteiger charge is -2.34. The predicted octanol–water partition coefficient (Wildman–Crippen LogP) is 13.8. The minimum absolute atomic E-state index is 0.524. The van der Waals surface area contributed by atoms with Crippen molar-refractivity contribution in [2.45, 2.75) is 5.41 Å². The van der Waals surface area contributed by atoms with Gasteiger partial charge in [0.2, 0.25) is 0 Å². The molecule has 1 heterocycles. The Morgan fingerprint density at radius 1 is 0.345 bits per heavy atom. The molecule has 1 aliphatic rings. The van der Waals surface area contributed by atoms with E-state index in [1.807, 2.05) is 0 Å². The van der Waals surface area contributed by atoms with Gasteiger partial charge in [0.05, 0.1) is 16.4 Å². The summed E-state index contributed by atoms with van der Waals surface area (Å²) in [6, 6.07) is 80.1. The Hall–Kier alpha value is -7.16. The van der Waals surface area contributed by atoms with E-state index in [0.29, 0.717) is 0 Å². The summed E-state index contributed by atoms with van der Waals surface area (Å²) in [5, 5.41) is 4.95. The van der Waals surface area contributed by atoms with Crippen molar-refractivity contribution in [3.8, 4) is 16.8 Å². The first-order valence-electron chi connectivity index (χ1n) is 19.0. The van der Waals surface area contributed by atoms with Crippen molar-refractivity contribution in [3.05, 3.63) is 241 Å². The fourth-order valence-corrected chi connectivity index (χ4v) is 9.28. The zero-order chi connectivity index (χ0) is 36.3. The summed E-state index contributed by atoms with van der Waals surface area (Å²) in [6.45, 7) is 0. The van der Waals surface area contributed by atoms with Gasteiger partial charge in [0.1, 0.15) is 0 Å². The quantitative estimate of drug-likeness (QED) is 0.168. The van der Waals surface area contributed by atoms with Crippen molar-refractivity contribution in [3.63, 3.8) is 0 Å². The summed E-state index contributed by atoms with van der Waals surface area (Å²) < 4.78 is 2.42. The number of rotatable bonds is 6. The van der Waals surface area contributed by atoms with Gasteiger partial charge in [-0.1, -0.05) is 140 Å². The van der Waals surface area contributed by atoms with Crippen LogP contribution in [0.4, 0.5) is 17.1 Å². The third-order valence-electron chi connectivity index (χ3n) is 11.6. The average molecular weight is 701 g/mol. The van der Waals surface area contributed by atoms with Crippen molar-refractivity contribution >= 4 is 49.6 Å². The molecule has 0 bridgehead atoms. The Labute approximate surface area is 320 Å². The summed E-state index contributed by atoms with van der Waals surface area (Å²) >= 11 is 0. The highest BCUT2D eigenvalue weighted by atomic mass is 15.1. The lowest BCUT2D eigenvalue weighted by molar-refractivity contribution is 0.771. The lowest BCUT2D eigenvalue weighted by atomic mass is 9.67. The van der Waals surface area contributed by atoms with E-state index < -0.39 is 5.41 Å². The van der Waals surface area contributed by atoms with E-state index in [9.17, 15) is 0 Å². The first kappa shape index (κ1) is 31.4. The molecule has 0 saturated heterocycles. The van der Waals surface area contributed by atoms with Crippen LogP contribution >= 0.6 is 0 Å². The Bertz CT molecular complexity index is 2980. The third kappa shape index (κ3) is 4.75. The van der Waals surface area contributed by atoms with Crippen LogP contribution in [0.3, 0.4) is 0 Å². The predicted molar refractivity (Wildman–Crippen MR) is 230 cm³/mol. The fourth-order valence-electron chi connectivity index (χ4n) is 9.28. The van der Waals surface area contributed by atoms with Crippen molar-refractivity contribution in [2.24, 2.45) is 0 Å². The summed E-state index contributed by atoms with van der Waals surface area (Å²) in [5.74, 6) is 0. The standard InChI is InChI=1S/C53H36N2/c1-5-19-39(20-6-1)53(49-28-16-15-27-45(49)46-33-37-17-13-14-18-38(37)34-50(46)53)40-29-31-51-47(35-40)48-36-44(30-32-52(48)55(51)43-25-11-4-12-26-43)54(41-21-7-2-8-22-41)42-23-9-3-10-24-42/h1-36H. The maximum absolute atomic E-state index is 2.49. The minimum Gasteiger partial charge on any atom is -0.310 e. The first-order valence-corrected chi connectivity index (χ1v) is 19.0. The molecule has 1 atom stereocenters. The van der Waals surface area contributed by atoms with Crippen LogP contribution in [0.15, 0.2) is 218 Å². The maximum atomic E-state index is 2.49. The second-order valence-electron chi connectivity index (χ2n) is 14.5. The van der Waals surface area contributed by atoms with Gasteiger partial charge in [-0.2, -0.15) is 0 Å². The molecule has 1 aromatic heterocycles. The Balaban J connectivity index is 1.24. The van der Waals surface area contributed by atoms with Crippen LogP contribution in [0, 0.1) is 0 Å². The molecular weight excluding hydrogens is 665 g/mol. The van der Waals surface area contributed by atoms with E-state index in [2.05, 4.69) is 228 Å². The molecule has 1 unspecified atom stereocenters. The Kier molecular flexibility index (Phi) is 7.11. The van der Waals surface area contributed by atoms with Crippen LogP contribution in [-0.2, 0) is 5.41 Å². The monoisotopic (exact) mass is 700 g/mol. The first-order chi connectivity index (χ1) is 27.3. The van der Waals surface area contributed by atoms with Crippen molar-refractivity contribution < 1.29 is 0 Å². The van der Waals surface area contributed by atoms with E-state index in [-0.39, 0.29) is 0 Å². The molecule has 0 saturated carbocycles. The number of benzene rings is 9. The van der Waals surface area contributed by atoms with E-state index in [1.165, 1.54) is 66.0 Å². The largest absolute Gasteiger partial charge is 0.310 e. The minimum atomic E-state index is -0.524. The van der Waals surface area contributed by atoms with Crippen molar-refractivity contribution in [1.29, 1.82) is 0 Å². The van der Waals surface area contributed by atoms with Crippen molar-refractivity contribution in [2.75, 3.05) is 4.90 Å². The highest BCUT2D eigenvalue weighted by molar-refractivity contribution is 6.11. The smallest absolute Gasteiger partial charge is 0.0714 e. The molecule has 10 aromatic rings. The second-order valence-corrected chi connectivity index (χ2v) is 14.5. The molecule has 11 rings (SSSR count). The van der Waals surface area contributed by atoms with Gasteiger partial charge in [0.25, 0.3) is 0 Å². The average Bonchev–Trinajstić information content (AvgIpc) is 3.74. The normalized spacial score (nSPS) is 14.6. The molecule has 0 N–H and O–H groups in total. The Morgan fingerprint density at radius 3 is 1.58 bits per heavy atom. The molecule has 0 radical (unpaired) electrons. The van der Waals surface area contributed by atoms with Crippen LogP contribution in [0.25, 0.3) is 49.4 Å². The van der Waals surface area contributed by atoms with Gasteiger partial charge in [-0.15, -0.1) is 0 Å². The van der Waals surface area contributed by atoms with E-state index >= 15 is 0 Å². The second kappa shape index (κ2) is 12.5. The summed E-state index contributed by atoms with van der Waals surface area (Å²) in [5.41, 5.74) is 14.1. The third-order valence-corrected chi connectivity index (χ3v) is 11.6. The molecule has 0 spiro atoms. The molecule has 0 fully saturated rings. The number of fused-ring (bicyclic) bond motifs is 7. The highest BCUT2D eigenvalue weighted by Crippen LogP contribution is 2.57. The van der Waals surface area contributed by atoms with Crippen LogP contribution in [-0.4, -0.2) is 4.57 Å². The number of aromatic nitrogens is 1. The fraction of sp³-hybridized carbons (Fsp3) is 0.0189. The Morgan fingerprint density at radius 2 is 0.891 bits per heavy atom. The molecule has 0 amide bonds. The zero-order valence-corrected chi connectivity index (χ0v) is 30.2. The van der Waals surface area contributed by atoms with E-state index in [0.717, 1.165) is 22.7 Å². The highest BCUT2D eigenvalue weighted by Gasteiger charge is 2.46. The topological polar surface area (TPSA) is 8.17 Å². The molecule has 2 nitrogen and oxygen atoms in total. The molecule has 9 aromatic carbocycles. The van der Waals surface area contributed by atoms with Gasteiger partial charge in [0.15, 0.2) is 0 Å². The summed E-state index contributed by atoms with van der Waals surface area (Å²) in [6.07, 6.45) is 0. The van der Waals surface area contributed by atoms with Gasteiger partial charge >= 0.3 is 0 Å². The van der Waals surface area contributed by atoms with Gasteiger partial charge < -0.3 is 9.47 Å². The SMILES string of the molecule is c1ccc(N(c2ccccc2)c2ccc3c(c2)c2cc(C4(c5ccccc5)c5ccccc5-c5cc6ccccc6cc54)ccc2n3-c2ccccc2)cc1. The number of hydrogen-bond acceptors (Lipinski definition) is 1. The maximum Gasteiger partial charge on any atom is 0.0714 e. The summed E-state index contributed by atoms with van der Waals surface area (Å²) in [7, 11) is 0. The van der Waals surface area contributed by atoms with Crippen LogP contribution < -0.4 is 4.90 Å². The van der Waals surface area contributed by atoms with Gasteiger partial charge in [-0.05, 0) is 123 Å². The molecule has 2 heteroatoms. The van der Waals surface area contributed by atoms with Crippen molar-refractivity contribution in [1.82, 2.24) is 4.57 Å². The van der Waals surface area contributed by atoms with Crippen LogP contribution in [0.2, 0.25) is 0 Å². The van der Waals surface area contributed by atoms with E-state index in [1.54, 1.807) is 0 Å². The molecule has 0 aliphatic heterocycles. The van der Waals surface area contributed by atoms with Gasteiger partial charge in [-0.3, -0.25) is 0 Å². The van der Waals surface area contributed by atoms with E-state index in [4.69, 9.17) is 0 Å².